The van der Waals surface area contributed by atoms with Gasteiger partial charge in [0.2, 0.25) is 0 Å². The summed E-state index contributed by atoms with van der Waals surface area (Å²) >= 11 is 0. The van der Waals surface area contributed by atoms with Crippen molar-refractivity contribution in [1.29, 1.82) is 0 Å². The molecule has 24 heavy (non-hydrogen) atoms. The van der Waals surface area contributed by atoms with Crippen LogP contribution in [0.5, 0.6) is 0 Å². The normalized spacial score (nSPS) is 13.6. The predicted molar refractivity (Wildman–Crippen MR) is 89.9 cm³/mol. The highest BCUT2D eigenvalue weighted by atomic mass is 16.3. The number of nitrogens with one attached hydrogen (secondary N) is 2. The Bertz CT molecular complexity index is 729. The van der Waals surface area contributed by atoms with Crippen LogP contribution in [0.4, 0.5) is 0 Å². The summed E-state index contributed by atoms with van der Waals surface area (Å²) in [5, 5.41) is 5.89. The zero-order valence-corrected chi connectivity index (χ0v) is 14.7. The molecule has 0 saturated heterocycles. The number of amides is 2. The van der Waals surface area contributed by atoms with Crippen molar-refractivity contribution in [3.8, 4) is 0 Å². The number of rotatable bonds is 6. The quantitative estimate of drug-likeness (QED) is 0.851. The highest BCUT2D eigenvalue weighted by Crippen LogP contribution is 2.18. The topological polar surface area (TPSA) is 84.5 Å². The van der Waals surface area contributed by atoms with Crippen molar-refractivity contribution >= 4 is 11.8 Å². The molecule has 1 atom stereocenters. The second kappa shape index (κ2) is 6.95. The zero-order chi connectivity index (χ0) is 17.9. The molecule has 0 aliphatic rings. The summed E-state index contributed by atoms with van der Waals surface area (Å²) in [5.74, 6) is 0.806. The first-order valence-corrected chi connectivity index (χ1v) is 7.93. The first-order valence-electron chi connectivity index (χ1n) is 7.93. The van der Waals surface area contributed by atoms with E-state index in [1.807, 2.05) is 20.8 Å². The summed E-state index contributed by atoms with van der Waals surface area (Å²) < 4.78 is 10.3. The van der Waals surface area contributed by atoms with Gasteiger partial charge >= 0.3 is 0 Å². The van der Waals surface area contributed by atoms with Crippen LogP contribution in [0.2, 0.25) is 0 Å². The largest absolute Gasteiger partial charge is 0.469 e. The minimum Gasteiger partial charge on any atom is -0.469 e. The summed E-state index contributed by atoms with van der Waals surface area (Å²) in [7, 11) is 0. The average Bonchev–Trinajstić information content (AvgIpc) is 3.13. The van der Waals surface area contributed by atoms with Crippen molar-refractivity contribution in [2.24, 2.45) is 5.92 Å². The van der Waals surface area contributed by atoms with Crippen LogP contribution in [0.25, 0.3) is 0 Å². The van der Waals surface area contributed by atoms with Crippen molar-refractivity contribution < 1.29 is 18.4 Å². The van der Waals surface area contributed by atoms with Gasteiger partial charge in [0.15, 0.2) is 0 Å². The van der Waals surface area contributed by atoms with Crippen LogP contribution in [-0.4, -0.2) is 23.9 Å². The molecule has 130 valence electrons. The van der Waals surface area contributed by atoms with E-state index < -0.39 is 5.54 Å². The monoisotopic (exact) mass is 332 g/mol. The highest BCUT2D eigenvalue weighted by Gasteiger charge is 2.32. The maximum absolute atomic E-state index is 12.5. The lowest BCUT2D eigenvalue weighted by molar-refractivity contribution is 0.0841. The van der Waals surface area contributed by atoms with Crippen LogP contribution in [0.3, 0.4) is 0 Å². The Balaban J connectivity index is 2.07. The Labute approximate surface area is 141 Å². The van der Waals surface area contributed by atoms with Gasteiger partial charge in [0.1, 0.15) is 11.5 Å². The van der Waals surface area contributed by atoms with E-state index in [4.69, 9.17) is 8.83 Å². The molecule has 0 radical (unpaired) electrons. The molecule has 0 spiro atoms. The average molecular weight is 332 g/mol. The SMILES string of the molecule is Cc1occc1C(=O)NC[C@@](C)(NC(=O)c1ccoc1C)C(C)C. The molecule has 0 fully saturated rings. The van der Waals surface area contributed by atoms with Crippen molar-refractivity contribution in [2.75, 3.05) is 6.54 Å². The summed E-state index contributed by atoms with van der Waals surface area (Å²) in [6, 6.07) is 3.27. The summed E-state index contributed by atoms with van der Waals surface area (Å²) in [6.07, 6.45) is 2.97. The molecule has 2 heterocycles. The number of hydrogen-bond acceptors (Lipinski definition) is 4. The Hall–Kier alpha value is -2.50. The molecule has 0 aliphatic heterocycles. The van der Waals surface area contributed by atoms with E-state index in [-0.39, 0.29) is 17.7 Å². The Morgan fingerprint density at radius 1 is 1.04 bits per heavy atom. The smallest absolute Gasteiger partial charge is 0.255 e. The van der Waals surface area contributed by atoms with Gasteiger partial charge in [0.25, 0.3) is 11.8 Å². The van der Waals surface area contributed by atoms with Crippen LogP contribution in [0, 0.1) is 19.8 Å². The number of aryl methyl sites for hydroxylation is 2. The van der Waals surface area contributed by atoms with E-state index in [2.05, 4.69) is 10.6 Å². The molecule has 2 rings (SSSR count). The third kappa shape index (κ3) is 3.69. The molecule has 6 heteroatoms. The molecule has 0 bridgehead atoms. The van der Waals surface area contributed by atoms with Gasteiger partial charge in [-0.1, -0.05) is 13.8 Å². The third-order valence-electron chi connectivity index (χ3n) is 4.50. The summed E-state index contributed by atoms with van der Waals surface area (Å²) in [4.78, 5) is 24.7. The van der Waals surface area contributed by atoms with Crippen molar-refractivity contribution in [3.05, 3.63) is 47.3 Å². The number of hydrogen-bond donors (Lipinski definition) is 2. The molecule has 2 aromatic rings. The Morgan fingerprint density at radius 3 is 1.96 bits per heavy atom. The minimum absolute atomic E-state index is 0.111. The van der Waals surface area contributed by atoms with Crippen molar-refractivity contribution in [3.63, 3.8) is 0 Å². The fraction of sp³-hybridized carbons (Fsp3) is 0.444. The first-order chi connectivity index (χ1) is 11.2. The Morgan fingerprint density at radius 2 is 1.54 bits per heavy atom. The van der Waals surface area contributed by atoms with Crippen LogP contribution in [0.1, 0.15) is 53.0 Å². The molecule has 2 amide bonds. The van der Waals surface area contributed by atoms with Gasteiger partial charge in [-0.25, -0.2) is 0 Å². The first kappa shape index (κ1) is 17.8. The summed E-state index contributed by atoms with van der Waals surface area (Å²) in [5.41, 5.74) is 0.394. The fourth-order valence-corrected chi connectivity index (χ4v) is 2.32. The van der Waals surface area contributed by atoms with Crippen LogP contribution in [-0.2, 0) is 0 Å². The minimum atomic E-state index is -0.603. The molecular formula is C18H24N2O4. The Kier molecular flexibility index (Phi) is 5.17. The van der Waals surface area contributed by atoms with E-state index in [0.717, 1.165) is 0 Å². The van der Waals surface area contributed by atoms with Crippen molar-refractivity contribution in [2.45, 2.75) is 40.2 Å². The highest BCUT2D eigenvalue weighted by molar-refractivity contribution is 5.96. The molecule has 0 saturated carbocycles. The molecule has 6 nitrogen and oxygen atoms in total. The van der Waals surface area contributed by atoms with E-state index in [1.54, 1.807) is 26.0 Å². The van der Waals surface area contributed by atoms with Crippen LogP contribution in [0.15, 0.2) is 33.5 Å². The van der Waals surface area contributed by atoms with Gasteiger partial charge < -0.3 is 19.5 Å². The van der Waals surface area contributed by atoms with Crippen LogP contribution >= 0.6 is 0 Å². The molecule has 2 aromatic heterocycles. The molecule has 0 unspecified atom stereocenters. The van der Waals surface area contributed by atoms with E-state index >= 15 is 0 Å². The van der Waals surface area contributed by atoms with E-state index in [9.17, 15) is 9.59 Å². The third-order valence-corrected chi connectivity index (χ3v) is 4.50. The standard InChI is InChI=1S/C18H24N2O4/c1-11(2)18(5,20-17(22)15-7-9-24-13(15)4)10-19-16(21)14-6-8-23-12(14)3/h6-9,11H,10H2,1-5H3,(H,19,21)(H,20,22)/t18-/m1/s1. The lowest BCUT2D eigenvalue weighted by Crippen LogP contribution is -2.57. The lowest BCUT2D eigenvalue weighted by atomic mass is 9.87. The van der Waals surface area contributed by atoms with Gasteiger partial charge in [-0.15, -0.1) is 0 Å². The van der Waals surface area contributed by atoms with Gasteiger partial charge in [-0.2, -0.15) is 0 Å². The zero-order valence-electron chi connectivity index (χ0n) is 14.7. The van der Waals surface area contributed by atoms with Crippen molar-refractivity contribution in [1.82, 2.24) is 10.6 Å². The molecule has 2 N–H and O–H groups in total. The fourth-order valence-electron chi connectivity index (χ4n) is 2.32. The maximum Gasteiger partial charge on any atom is 0.255 e. The molecule has 0 aromatic carbocycles. The predicted octanol–water partition coefficient (Wildman–Crippen LogP) is 3.06. The maximum atomic E-state index is 12.5. The lowest BCUT2D eigenvalue weighted by Gasteiger charge is -2.35. The van der Waals surface area contributed by atoms with Gasteiger partial charge in [0, 0.05) is 6.54 Å². The molecular weight excluding hydrogens is 308 g/mol. The van der Waals surface area contributed by atoms with E-state index in [0.29, 0.717) is 29.2 Å². The molecule has 0 aliphatic carbocycles. The number of carbonyl (C=O) groups excluding carboxylic acids is 2. The second-order valence-electron chi connectivity index (χ2n) is 6.49. The van der Waals surface area contributed by atoms with E-state index in [1.165, 1.54) is 12.5 Å². The second-order valence-corrected chi connectivity index (χ2v) is 6.49. The van der Waals surface area contributed by atoms with Gasteiger partial charge in [-0.05, 0) is 38.8 Å². The number of furan rings is 2. The van der Waals surface area contributed by atoms with Crippen LogP contribution < -0.4 is 10.6 Å². The van der Waals surface area contributed by atoms with Gasteiger partial charge in [-0.3, -0.25) is 9.59 Å². The summed E-state index contributed by atoms with van der Waals surface area (Å²) in [6.45, 7) is 9.69. The number of carbonyl (C=O) groups is 2. The van der Waals surface area contributed by atoms with Gasteiger partial charge in [0.05, 0.1) is 29.2 Å².